The third kappa shape index (κ3) is 7.37. The smallest absolute Gasteiger partial charge is 0.251 e. The summed E-state index contributed by atoms with van der Waals surface area (Å²) in [6.45, 7) is 7.65. The SMILES string of the molecule is CN(C)C(C)(C)CNC(=O)c1ccc(OC2CCN(CC(c3ccccc3)c3ccccc3)CC2)c(Cl)c1. The van der Waals surface area contributed by atoms with Gasteiger partial charge in [-0.1, -0.05) is 72.3 Å². The first-order chi connectivity index (χ1) is 18.2. The van der Waals surface area contributed by atoms with E-state index < -0.39 is 0 Å². The van der Waals surface area contributed by atoms with Crippen LogP contribution in [0.1, 0.15) is 54.1 Å². The van der Waals surface area contributed by atoms with Gasteiger partial charge in [-0.15, -0.1) is 0 Å². The highest BCUT2D eigenvalue weighted by molar-refractivity contribution is 6.32. The second-order valence-corrected chi connectivity index (χ2v) is 11.4. The van der Waals surface area contributed by atoms with E-state index in [0.29, 0.717) is 28.8 Å². The summed E-state index contributed by atoms with van der Waals surface area (Å²) in [7, 11) is 4.01. The molecule has 1 heterocycles. The van der Waals surface area contributed by atoms with Gasteiger partial charge in [0.2, 0.25) is 0 Å². The van der Waals surface area contributed by atoms with Gasteiger partial charge in [-0.3, -0.25) is 4.79 Å². The van der Waals surface area contributed by atoms with Gasteiger partial charge in [0.05, 0.1) is 5.02 Å². The molecule has 0 bridgehead atoms. The molecule has 0 spiro atoms. The van der Waals surface area contributed by atoms with Crippen molar-refractivity contribution in [1.82, 2.24) is 15.1 Å². The molecule has 0 aliphatic carbocycles. The van der Waals surface area contributed by atoms with E-state index in [-0.39, 0.29) is 17.6 Å². The summed E-state index contributed by atoms with van der Waals surface area (Å²) in [5, 5.41) is 3.48. The Kier molecular flexibility index (Phi) is 9.48. The molecule has 1 aliphatic rings. The molecule has 1 fully saturated rings. The van der Waals surface area contributed by atoms with Crippen LogP contribution in [0.5, 0.6) is 5.75 Å². The summed E-state index contributed by atoms with van der Waals surface area (Å²) in [5.41, 5.74) is 3.09. The van der Waals surface area contributed by atoms with E-state index in [1.54, 1.807) is 12.1 Å². The van der Waals surface area contributed by atoms with Crippen molar-refractivity contribution in [1.29, 1.82) is 0 Å². The number of nitrogens with zero attached hydrogens (tertiary/aromatic N) is 2. The molecule has 1 N–H and O–H groups in total. The maximum atomic E-state index is 12.7. The Morgan fingerprint density at radius 3 is 2.11 bits per heavy atom. The van der Waals surface area contributed by atoms with E-state index in [2.05, 4.69) is 89.6 Å². The molecule has 1 saturated heterocycles. The van der Waals surface area contributed by atoms with E-state index in [4.69, 9.17) is 16.3 Å². The summed E-state index contributed by atoms with van der Waals surface area (Å²) in [5.74, 6) is 0.848. The zero-order valence-corrected chi connectivity index (χ0v) is 23.7. The number of rotatable bonds is 10. The average molecular weight is 534 g/mol. The Morgan fingerprint density at radius 2 is 1.58 bits per heavy atom. The van der Waals surface area contributed by atoms with Crippen molar-refractivity contribution in [2.45, 2.75) is 44.2 Å². The van der Waals surface area contributed by atoms with Crippen molar-refractivity contribution in [2.75, 3.05) is 40.3 Å². The predicted octanol–water partition coefficient (Wildman–Crippen LogP) is 6.09. The fraction of sp³-hybridized carbons (Fsp3) is 0.406. The van der Waals surface area contributed by atoms with Crippen LogP contribution < -0.4 is 10.1 Å². The van der Waals surface area contributed by atoms with Crippen molar-refractivity contribution in [2.24, 2.45) is 0 Å². The maximum Gasteiger partial charge on any atom is 0.251 e. The molecule has 1 aliphatic heterocycles. The van der Waals surface area contributed by atoms with Gasteiger partial charge >= 0.3 is 0 Å². The quantitative estimate of drug-likeness (QED) is 0.343. The Labute approximate surface area is 232 Å². The third-order valence-electron chi connectivity index (χ3n) is 7.76. The Morgan fingerprint density at radius 1 is 1.00 bits per heavy atom. The fourth-order valence-corrected chi connectivity index (χ4v) is 4.94. The van der Waals surface area contributed by atoms with Crippen LogP contribution in [-0.2, 0) is 0 Å². The molecule has 202 valence electrons. The summed E-state index contributed by atoms with van der Waals surface area (Å²) >= 11 is 6.54. The first kappa shape index (κ1) is 28.2. The van der Waals surface area contributed by atoms with Gasteiger partial charge in [-0.05, 0) is 70.1 Å². The standard InChI is InChI=1S/C32H40ClN3O2/c1-32(2,35(3)4)23-34-31(37)26-15-16-30(29(33)21-26)38-27-17-19-36(20-18-27)22-28(24-11-7-5-8-12-24)25-13-9-6-10-14-25/h5-16,21,27-28H,17-20,22-23H2,1-4H3,(H,34,37). The number of benzene rings is 3. The third-order valence-corrected chi connectivity index (χ3v) is 8.05. The Bertz CT molecular complexity index is 1140. The van der Waals surface area contributed by atoms with Gasteiger partial charge in [0.15, 0.2) is 0 Å². The summed E-state index contributed by atoms with van der Waals surface area (Å²) in [6, 6.07) is 26.8. The maximum absolute atomic E-state index is 12.7. The molecule has 5 nitrogen and oxygen atoms in total. The first-order valence-corrected chi connectivity index (χ1v) is 13.8. The molecule has 3 aromatic carbocycles. The fourth-order valence-electron chi connectivity index (χ4n) is 4.72. The lowest BCUT2D eigenvalue weighted by atomic mass is 9.90. The van der Waals surface area contributed by atoms with Gasteiger partial charge in [0.25, 0.3) is 5.91 Å². The molecule has 0 aromatic heterocycles. The number of ether oxygens (including phenoxy) is 1. The monoisotopic (exact) mass is 533 g/mol. The van der Waals surface area contributed by atoms with Crippen LogP contribution in [0.2, 0.25) is 5.02 Å². The number of hydrogen-bond acceptors (Lipinski definition) is 4. The molecular formula is C32H40ClN3O2. The average Bonchev–Trinajstić information content (AvgIpc) is 2.93. The molecule has 0 atom stereocenters. The lowest BCUT2D eigenvalue weighted by Gasteiger charge is -2.35. The highest BCUT2D eigenvalue weighted by atomic mass is 35.5. The molecule has 0 saturated carbocycles. The highest BCUT2D eigenvalue weighted by Gasteiger charge is 2.25. The van der Waals surface area contributed by atoms with Gasteiger partial charge in [0, 0.05) is 43.2 Å². The normalized spacial score (nSPS) is 15.1. The summed E-state index contributed by atoms with van der Waals surface area (Å²) in [4.78, 5) is 17.3. The topological polar surface area (TPSA) is 44.8 Å². The minimum Gasteiger partial charge on any atom is -0.489 e. The largest absolute Gasteiger partial charge is 0.489 e. The van der Waals surface area contributed by atoms with E-state index in [9.17, 15) is 4.79 Å². The van der Waals surface area contributed by atoms with E-state index in [1.807, 2.05) is 20.2 Å². The molecular weight excluding hydrogens is 494 g/mol. The minimum atomic E-state index is -0.139. The molecule has 3 aromatic rings. The van der Waals surface area contributed by atoms with Crippen molar-refractivity contribution in [3.8, 4) is 5.75 Å². The van der Waals surface area contributed by atoms with E-state index >= 15 is 0 Å². The molecule has 6 heteroatoms. The summed E-state index contributed by atoms with van der Waals surface area (Å²) in [6.07, 6.45) is 1.99. The van der Waals surface area contributed by atoms with E-state index in [1.165, 1.54) is 11.1 Å². The number of carbonyl (C=O) groups excluding carboxylic acids is 1. The number of piperidine rings is 1. The second kappa shape index (κ2) is 12.8. The second-order valence-electron chi connectivity index (χ2n) is 11.0. The molecule has 0 radical (unpaired) electrons. The lowest BCUT2D eigenvalue weighted by Crippen LogP contribution is -2.48. The van der Waals surface area contributed by atoms with E-state index in [0.717, 1.165) is 32.5 Å². The van der Waals surface area contributed by atoms with Crippen LogP contribution in [0.3, 0.4) is 0 Å². The zero-order valence-electron chi connectivity index (χ0n) is 23.0. The van der Waals surface area contributed by atoms with Crippen molar-refractivity contribution in [3.63, 3.8) is 0 Å². The lowest BCUT2D eigenvalue weighted by molar-refractivity contribution is 0.0919. The van der Waals surface area contributed by atoms with Gasteiger partial charge in [0.1, 0.15) is 11.9 Å². The van der Waals surface area contributed by atoms with Crippen molar-refractivity contribution in [3.05, 3.63) is 101 Å². The van der Waals surface area contributed by atoms with Gasteiger partial charge in [-0.2, -0.15) is 0 Å². The van der Waals surface area contributed by atoms with Crippen LogP contribution in [0.4, 0.5) is 0 Å². The molecule has 1 amide bonds. The number of carbonyl (C=O) groups is 1. The number of likely N-dealkylation sites (tertiary alicyclic amines) is 1. The Balaban J connectivity index is 1.32. The van der Waals surface area contributed by atoms with Crippen LogP contribution in [-0.4, -0.2) is 67.6 Å². The zero-order chi connectivity index (χ0) is 27.1. The van der Waals surface area contributed by atoms with Crippen LogP contribution in [0.25, 0.3) is 0 Å². The number of halogens is 1. The highest BCUT2D eigenvalue weighted by Crippen LogP contribution is 2.30. The number of nitrogens with one attached hydrogen (secondary N) is 1. The minimum absolute atomic E-state index is 0.108. The van der Waals surface area contributed by atoms with Crippen LogP contribution in [0.15, 0.2) is 78.9 Å². The van der Waals surface area contributed by atoms with Gasteiger partial charge in [-0.25, -0.2) is 0 Å². The van der Waals surface area contributed by atoms with Crippen LogP contribution in [0, 0.1) is 0 Å². The number of likely N-dealkylation sites (N-methyl/N-ethyl adjacent to an activating group) is 1. The number of amides is 1. The van der Waals surface area contributed by atoms with Crippen molar-refractivity contribution < 1.29 is 9.53 Å². The predicted molar refractivity (Wildman–Crippen MR) is 156 cm³/mol. The van der Waals surface area contributed by atoms with Crippen molar-refractivity contribution >= 4 is 17.5 Å². The van der Waals surface area contributed by atoms with Crippen LogP contribution >= 0.6 is 11.6 Å². The molecule has 0 unspecified atom stereocenters. The molecule has 4 rings (SSSR count). The first-order valence-electron chi connectivity index (χ1n) is 13.5. The van der Waals surface area contributed by atoms with Gasteiger partial charge < -0.3 is 19.9 Å². The Hall–Kier alpha value is -2.86. The summed E-state index contributed by atoms with van der Waals surface area (Å²) < 4.78 is 6.29. The molecule has 38 heavy (non-hydrogen) atoms. The number of hydrogen-bond donors (Lipinski definition) is 1.